The van der Waals surface area contributed by atoms with Crippen LogP contribution in [-0.4, -0.2) is 9.61 Å². The van der Waals surface area contributed by atoms with Crippen molar-refractivity contribution in [2.75, 3.05) is 0 Å². The molecule has 3 nitrogen and oxygen atoms in total. The first-order chi connectivity index (χ1) is 9.92. The fourth-order valence-corrected chi connectivity index (χ4v) is 3.13. The fourth-order valence-electron chi connectivity index (χ4n) is 3.13. The monoisotopic (exact) mass is 263 g/mol. The van der Waals surface area contributed by atoms with Crippen molar-refractivity contribution >= 4 is 5.52 Å². The number of rotatable bonds is 3. The van der Waals surface area contributed by atoms with E-state index < -0.39 is 0 Å². The molecule has 3 heteroatoms. The van der Waals surface area contributed by atoms with Crippen molar-refractivity contribution in [3.8, 4) is 0 Å². The second-order valence-electron chi connectivity index (χ2n) is 5.37. The number of aromatic nitrogens is 2. The molecule has 0 amide bonds. The molecule has 4 rings (SSSR count). The van der Waals surface area contributed by atoms with E-state index in [1.165, 1.54) is 35.0 Å². The molecular weight excluding hydrogens is 246 g/mol. The molecular formula is C17H17N3. The Bertz CT molecular complexity index is 745. The van der Waals surface area contributed by atoms with Crippen molar-refractivity contribution in [1.82, 2.24) is 14.9 Å². The van der Waals surface area contributed by atoms with E-state index in [1.54, 1.807) is 0 Å². The first-order valence-electron chi connectivity index (χ1n) is 7.14. The van der Waals surface area contributed by atoms with Gasteiger partial charge in [0.25, 0.3) is 0 Å². The highest BCUT2D eigenvalue weighted by molar-refractivity contribution is 5.53. The molecule has 1 N–H and O–H groups in total. The maximum Gasteiger partial charge on any atom is 0.0706 e. The van der Waals surface area contributed by atoms with Crippen LogP contribution in [0.15, 0.2) is 54.9 Å². The Hall–Kier alpha value is -2.13. The molecule has 2 aromatic heterocycles. The van der Waals surface area contributed by atoms with Crippen molar-refractivity contribution in [2.45, 2.75) is 25.4 Å². The SMILES string of the molecule is c1ccc2c(c1)CCC2NCc1cnn2ccccc12. The van der Waals surface area contributed by atoms with Crippen molar-refractivity contribution in [2.24, 2.45) is 0 Å². The van der Waals surface area contributed by atoms with E-state index in [2.05, 4.69) is 46.8 Å². The molecule has 1 aliphatic rings. The summed E-state index contributed by atoms with van der Waals surface area (Å²) in [4.78, 5) is 0. The molecule has 0 bridgehead atoms. The Morgan fingerprint density at radius 3 is 3.05 bits per heavy atom. The van der Waals surface area contributed by atoms with Crippen LogP contribution in [-0.2, 0) is 13.0 Å². The van der Waals surface area contributed by atoms with Crippen LogP contribution >= 0.6 is 0 Å². The Morgan fingerprint density at radius 1 is 1.15 bits per heavy atom. The van der Waals surface area contributed by atoms with E-state index in [9.17, 15) is 0 Å². The summed E-state index contributed by atoms with van der Waals surface area (Å²) < 4.78 is 1.93. The number of nitrogens with zero attached hydrogens (tertiary/aromatic N) is 2. The average molecular weight is 263 g/mol. The van der Waals surface area contributed by atoms with Gasteiger partial charge in [-0.25, -0.2) is 4.52 Å². The minimum Gasteiger partial charge on any atom is -0.306 e. The van der Waals surface area contributed by atoms with Gasteiger partial charge in [0.15, 0.2) is 0 Å². The third-order valence-corrected chi connectivity index (χ3v) is 4.18. The zero-order chi connectivity index (χ0) is 13.4. The lowest BCUT2D eigenvalue weighted by Gasteiger charge is -2.13. The fraction of sp³-hybridized carbons (Fsp3) is 0.235. The van der Waals surface area contributed by atoms with E-state index in [1.807, 2.05) is 23.0 Å². The minimum absolute atomic E-state index is 0.477. The third-order valence-electron chi connectivity index (χ3n) is 4.18. The summed E-state index contributed by atoms with van der Waals surface area (Å²) >= 11 is 0. The smallest absolute Gasteiger partial charge is 0.0706 e. The molecule has 0 saturated heterocycles. The maximum atomic E-state index is 4.38. The zero-order valence-electron chi connectivity index (χ0n) is 11.3. The lowest BCUT2D eigenvalue weighted by Crippen LogP contribution is -2.18. The molecule has 20 heavy (non-hydrogen) atoms. The van der Waals surface area contributed by atoms with Crippen LogP contribution in [0.3, 0.4) is 0 Å². The Labute approximate surface area is 118 Å². The quantitative estimate of drug-likeness (QED) is 0.786. The Kier molecular flexibility index (Phi) is 2.78. The lowest BCUT2D eigenvalue weighted by atomic mass is 10.1. The van der Waals surface area contributed by atoms with E-state index in [0.29, 0.717) is 6.04 Å². The summed E-state index contributed by atoms with van der Waals surface area (Å²) in [5.41, 5.74) is 5.40. The van der Waals surface area contributed by atoms with Gasteiger partial charge in [0.1, 0.15) is 0 Å². The van der Waals surface area contributed by atoms with E-state index in [-0.39, 0.29) is 0 Å². The van der Waals surface area contributed by atoms with Crippen LogP contribution < -0.4 is 5.32 Å². The van der Waals surface area contributed by atoms with E-state index in [0.717, 1.165) is 6.54 Å². The average Bonchev–Trinajstić information content (AvgIpc) is 3.09. The third kappa shape index (κ3) is 1.91. The first-order valence-corrected chi connectivity index (χ1v) is 7.14. The van der Waals surface area contributed by atoms with Crippen molar-refractivity contribution < 1.29 is 0 Å². The van der Waals surface area contributed by atoms with Crippen LogP contribution in [0.4, 0.5) is 0 Å². The summed E-state index contributed by atoms with van der Waals surface area (Å²) in [6, 6.07) is 15.4. The van der Waals surface area contributed by atoms with Crippen LogP contribution in [0.5, 0.6) is 0 Å². The molecule has 1 aliphatic carbocycles. The van der Waals surface area contributed by atoms with Gasteiger partial charge >= 0.3 is 0 Å². The second-order valence-corrected chi connectivity index (χ2v) is 5.37. The lowest BCUT2D eigenvalue weighted by molar-refractivity contribution is 0.531. The Balaban J connectivity index is 1.54. The number of hydrogen-bond acceptors (Lipinski definition) is 2. The van der Waals surface area contributed by atoms with Crippen LogP contribution in [0.1, 0.15) is 29.2 Å². The first kappa shape index (κ1) is 11.7. The van der Waals surface area contributed by atoms with Crippen LogP contribution in [0, 0.1) is 0 Å². The molecule has 1 aromatic carbocycles. The van der Waals surface area contributed by atoms with Gasteiger partial charge in [-0.2, -0.15) is 5.10 Å². The minimum atomic E-state index is 0.477. The van der Waals surface area contributed by atoms with Gasteiger partial charge in [-0.3, -0.25) is 0 Å². The molecule has 0 aliphatic heterocycles. The highest BCUT2D eigenvalue weighted by Crippen LogP contribution is 2.31. The standard InChI is InChI=1S/C17H17N3/c1-2-6-15-13(5-1)8-9-16(15)18-11-14-12-19-20-10-4-3-7-17(14)20/h1-7,10,12,16,18H,8-9,11H2. The Morgan fingerprint density at radius 2 is 2.05 bits per heavy atom. The van der Waals surface area contributed by atoms with Crippen molar-refractivity contribution in [1.29, 1.82) is 0 Å². The highest BCUT2D eigenvalue weighted by Gasteiger charge is 2.21. The van der Waals surface area contributed by atoms with Crippen LogP contribution in [0.2, 0.25) is 0 Å². The summed E-state index contributed by atoms with van der Waals surface area (Å²) in [6.45, 7) is 0.868. The van der Waals surface area contributed by atoms with Gasteiger partial charge in [-0.05, 0) is 36.1 Å². The molecule has 0 saturated carbocycles. The molecule has 2 heterocycles. The van der Waals surface area contributed by atoms with Gasteiger partial charge in [-0.1, -0.05) is 30.3 Å². The summed E-state index contributed by atoms with van der Waals surface area (Å²) in [5, 5.41) is 8.06. The number of aryl methyl sites for hydroxylation is 1. The molecule has 0 fully saturated rings. The summed E-state index contributed by atoms with van der Waals surface area (Å²) in [5.74, 6) is 0. The van der Waals surface area contributed by atoms with E-state index in [4.69, 9.17) is 0 Å². The normalized spacial score (nSPS) is 17.5. The number of nitrogens with one attached hydrogen (secondary N) is 1. The predicted molar refractivity (Wildman–Crippen MR) is 79.5 cm³/mol. The molecule has 3 aromatic rings. The zero-order valence-corrected chi connectivity index (χ0v) is 11.3. The highest BCUT2D eigenvalue weighted by atomic mass is 15.2. The molecule has 0 radical (unpaired) electrons. The van der Waals surface area contributed by atoms with Gasteiger partial charge < -0.3 is 5.32 Å². The predicted octanol–water partition coefficient (Wildman–Crippen LogP) is 3.11. The second kappa shape index (κ2) is 4.76. The number of hydrogen-bond donors (Lipinski definition) is 1. The van der Waals surface area contributed by atoms with Gasteiger partial charge in [0.2, 0.25) is 0 Å². The van der Waals surface area contributed by atoms with Crippen molar-refractivity contribution in [3.05, 3.63) is 71.5 Å². The van der Waals surface area contributed by atoms with Gasteiger partial charge in [0, 0.05) is 24.3 Å². The van der Waals surface area contributed by atoms with E-state index >= 15 is 0 Å². The summed E-state index contributed by atoms with van der Waals surface area (Å²) in [7, 11) is 0. The molecule has 0 spiro atoms. The number of fused-ring (bicyclic) bond motifs is 2. The topological polar surface area (TPSA) is 29.3 Å². The number of benzene rings is 1. The maximum absolute atomic E-state index is 4.38. The summed E-state index contributed by atoms with van der Waals surface area (Å²) in [6.07, 6.45) is 6.33. The number of pyridine rings is 1. The molecule has 1 unspecified atom stereocenters. The van der Waals surface area contributed by atoms with Crippen molar-refractivity contribution in [3.63, 3.8) is 0 Å². The van der Waals surface area contributed by atoms with Gasteiger partial charge in [-0.15, -0.1) is 0 Å². The van der Waals surface area contributed by atoms with Crippen LogP contribution in [0.25, 0.3) is 5.52 Å². The molecule has 1 atom stereocenters. The molecule has 100 valence electrons. The largest absolute Gasteiger partial charge is 0.306 e. The van der Waals surface area contributed by atoms with Gasteiger partial charge in [0.05, 0.1) is 11.7 Å².